The van der Waals surface area contributed by atoms with Crippen molar-refractivity contribution in [3.63, 3.8) is 0 Å². The highest BCUT2D eigenvalue weighted by molar-refractivity contribution is 6.43. The van der Waals surface area contributed by atoms with E-state index < -0.39 is 0 Å². The molecule has 1 N–H and O–H groups in total. The van der Waals surface area contributed by atoms with Gasteiger partial charge in [0.05, 0.1) is 22.2 Å². The number of carbonyl (C=O) groups excluding carboxylic acids is 1. The van der Waals surface area contributed by atoms with E-state index in [1.807, 2.05) is 13.8 Å². The van der Waals surface area contributed by atoms with Crippen LogP contribution in [0.2, 0.25) is 10.0 Å². The number of hydrogen-bond acceptors (Lipinski definition) is 2. The fourth-order valence-electron chi connectivity index (χ4n) is 1.53. The third-order valence-corrected chi connectivity index (χ3v) is 3.23. The van der Waals surface area contributed by atoms with Crippen LogP contribution in [0.1, 0.15) is 24.2 Å². The molecule has 0 unspecified atom stereocenters. The highest BCUT2D eigenvalue weighted by Gasteiger charge is 2.21. The molecule has 0 bridgehead atoms. The van der Waals surface area contributed by atoms with Gasteiger partial charge < -0.3 is 10.0 Å². The number of benzene rings is 1. The van der Waals surface area contributed by atoms with E-state index in [0.717, 1.165) is 0 Å². The van der Waals surface area contributed by atoms with Crippen molar-refractivity contribution < 1.29 is 9.90 Å². The Morgan fingerprint density at radius 1 is 1.41 bits per heavy atom. The lowest BCUT2D eigenvalue weighted by atomic mass is 10.1. The average molecular weight is 276 g/mol. The summed E-state index contributed by atoms with van der Waals surface area (Å²) in [5.41, 5.74) is 0.362. The Hall–Kier alpha value is -0.770. The average Bonchev–Trinajstić information content (AvgIpc) is 2.28. The van der Waals surface area contributed by atoms with Gasteiger partial charge in [0.25, 0.3) is 5.91 Å². The van der Waals surface area contributed by atoms with Gasteiger partial charge in [-0.05, 0) is 26.0 Å². The Labute approximate surface area is 111 Å². The Morgan fingerprint density at radius 2 is 2.06 bits per heavy atom. The summed E-state index contributed by atoms with van der Waals surface area (Å²) in [5.74, 6) is -0.221. The van der Waals surface area contributed by atoms with Crippen molar-refractivity contribution >= 4 is 29.1 Å². The fourth-order valence-corrected chi connectivity index (χ4v) is 1.91. The number of aliphatic hydroxyl groups is 1. The molecule has 1 aromatic carbocycles. The predicted octanol–water partition coefficient (Wildman–Crippen LogP) is 2.84. The summed E-state index contributed by atoms with van der Waals surface area (Å²) in [6, 6.07) is 4.93. The number of rotatable bonds is 4. The van der Waals surface area contributed by atoms with Gasteiger partial charge in [-0.3, -0.25) is 4.79 Å². The first kappa shape index (κ1) is 14.3. The monoisotopic (exact) mass is 275 g/mol. The highest BCUT2D eigenvalue weighted by Crippen LogP contribution is 2.26. The molecule has 0 atom stereocenters. The zero-order valence-electron chi connectivity index (χ0n) is 9.78. The second-order valence-electron chi connectivity index (χ2n) is 3.92. The van der Waals surface area contributed by atoms with Crippen LogP contribution in [-0.4, -0.2) is 35.1 Å². The maximum absolute atomic E-state index is 12.2. The van der Waals surface area contributed by atoms with Crippen LogP contribution in [0.25, 0.3) is 0 Å². The minimum atomic E-state index is -0.221. The molecule has 94 valence electrons. The van der Waals surface area contributed by atoms with Crippen LogP contribution in [0.4, 0.5) is 0 Å². The largest absolute Gasteiger partial charge is 0.395 e. The van der Waals surface area contributed by atoms with E-state index in [1.165, 1.54) is 0 Å². The maximum atomic E-state index is 12.2. The predicted molar refractivity (Wildman–Crippen MR) is 69.7 cm³/mol. The van der Waals surface area contributed by atoms with Gasteiger partial charge in [-0.2, -0.15) is 0 Å². The smallest absolute Gasteiger partial charge is 0.255 e. The van der Waals surface area contributed by atoms with E-state index in [9.17, 15) is 4.79 Å². The van der Waals surface area contributed by atoms with Gasteiger partial charge in [-0.15, -0.1) is 0 Å². The highest BCUT2D eigenvalue weighted by atomic mass is 35.5. The molecular weight excluding hydrogens is 261 g/mol. The van der Waals surface area contributed by atoms with Crippen molar-refractivity contribution in [3.8, 4) is 0 Å². The summed E-state index contributed by atoms with van der Waals surface area (Å²) >= 11 is 11.9. The van der Waals surface area contributed by atoms with E-state index in [4.69, 9.17) is 28.3 Å². The number of carbonyl (C=O) groups is 1. The second-order valence-corrected chi connectivity index (χ2v) is 4.70. The van der Waals surface area contributed by atoms with Crippen LogP contribution in [0.3, 0.4) is 0 Å². The number of halogens is 2. The van der Waals surface area contributed by atoms with Crippen molar-refractivity contribution in [2.45, 2.75) is 19.9 Å². The molecular formula is C12H15Cl2NO2. The first-order valence-corrected chi connectivity index (χ1v) is 6.10. The topological polar surface area (TPSA) is 40.5 Å². The lowest BCUT2D eigenvalue weighted by Crippen LogP contribution is -2.39. The molecule has 1 aromatic rings. The summed E-state index contributed by atoms with van der Waals surface area (Å²) in [7, 11) is 0. The Morgan fingerprint density at radius 3 is 2.59 bits per heavy atom. The van der Waals surface area contributed by atoms with E-state index in [1.54, 1.807) is 23.1 Å². The van der Waals surface area contributed by atoms with Gasteiger partial charge in [0, 0.05) is 12.6 Å². The molecule has 1 rings (SSSR count). The van der Waals surface area contributed by atoms with Crippen molar-refractivity contribution in [1.29, 1.82) is 0 Å². The number of nitrogens with zero attached hydrogens (tertiary/aromatic N) is 1. The molecule has 3 nitrogen and oxygen atoms in total. The van der Waals surface area contributed by atoms with Crippen LogP contribution in [0.5, 0.6) is 0 Å². The molecule has 0 aliphatic heterocycles. The lowest BCUT2D eigenvalue weighted by molar-refractivity contribution is 0.0665. The van der Waals surface area contributed by atoms with Gasteiger partial charge in [0.15, 0.2) is 0 Å². The van der Waals surface area contributed by atoms with Gasteiger partial charge >= 0.3 is 0 Å². The Kier molecular flexibility index (Phi) is 5.25. The summed E-state index contributed by atoms with van der Waals surface area (Å²) < 4.78 is 0. The van der Waals surface area contributed by atoms with Crippen LogP contribution in [0, 0.1) is 0 Å². The molecule has 5 heteroatoms. The van der Waals surface area contributed by atoms with Crippen molar-refractivity contribution in [2.24, 2.45) is 0 Å². The molecule has 0 spiro atoms. The summed E-state index contributed by atoms with van der Waals surface area (Å²) in [5, 5.41) is 9.56. The van der Waals surface area contributed by atoms with Crippen molar-refractivity contribution in [3.05, 3.63) is 33.8 Å². The number of aliphatic hydroxyl groups excluding tert-OH is 1. The fraction of sp³-hybridized carbons (Fsp3) is 0.417. The van der Waals surface area contributed by atoms with E-state index >= 15 is 0 Å². The quantitative estimate of drug-likeness (QED) is 0.918. The molecule has 0 saturated carbocycles. The first-order valence-electron chi connectivity index (χ1n) is 5.35. The minimum Gasteiger partial charge on any atom is -0.395 e. The van der Waals surface area contributed by atoms with Crippen LogP contribution >= 0.6 is 23.2 Å². The first-order chi connectivity index (χ1) is 7.99. The molecule has 0 heterocycles. The zero-order chi connectivity index (χ0) is 13.0. The molecule has 0 aliphatic carbocycles. The van der Waals surface area contributed by atoms with Crippen LogP contribution in [0.15, 0.2) is 18.2 Å². The van der Waals surface area contributed by atoms with Gasteiger partial charge in [0.1, 0.15) is 0 Å². The zero-order valence-corrected chi connectivity index (χ0v) is 11.3. The summed E-state index contributed by atoms with van der Waals surface area (Å²) in [6.07, 6.45) is 0. The number of hydrogen-bond donors (Lipinski definition) is 1. The standard InChI is InChI=1S/C12H15Cl2NO2/c1-8(2)15(6-7-16)12(17)9-4-3-5-10(13)11(9)14/h3-5,8,16H,6-7H2,1-2H3. The van der Waals surface area contributed by atoms with Crippen LogP contribution < -0.4 is 0 Å². The summed E-state index contributed by atoms with van der Waals surface area (Å²) in [4.78, 5) is 13.8. The molecule has 0 radical (unpaired) electrons. The molecule has 1 amide bonds. The molecule has 0 fully saturated rings. The van der Waals surface area contributed by atoms with E-state index in [2.05, 4.69) is 0 Å². The minimum absolute atomic E-state index is 0.00954. The maximum Gasteiger partial charge on any atom is 0.255 e. The Balaban J connectivity index is 3.05. The van der Waals surface area contributed by atoms with E-state index in [0.29, 0.717) is 10.6 Å². The molecule has 17 heavy (non-hydrogen) atoms. The molecule has 0 saturated heterocycles. The Bertz CT molecular complexity index is 407. The third kappa shape index (κ3) is 3.35. The van der Waals surface area contributed by atoms with Crippen LogP contribution in [-0.2, 0) is 0 Å². The van der Waals surface area contributed by atoms with Gasteiger partial charge in [0.2, 0.25) is 0 Å². The van der Waals surface area contributed by atoms with E-state index in [-0.39, 0.29) is 30.1 Å². The summed E-state index contributed by atoms with van der Waals surface area (Å²) in [6.45, 7) is 3.96. The van der Waals surface area contributed by atoms with Gasteiger partial charge in [-0.1, -0.05) is 29.3 Å². The second kappa shape index (κ2) is 6.24. The van der Waals surface area contributed by atoms with Crippen molar-refractivity contribution in [2.75, 3.05) is 13.2 Å². The molecule has 0 aliphatic rings. The lowest BCUT2D eigenvalue weighted by Gasteiger charge is -2.26. The number of amides is 1. The third-order valence-electron chi connectivity index (χ3n) is 2.41. The van der Waals surface area contributed by atoms with Crippen molar-refractivity contribution in [1.82, 2.24) is 4.90 Å². The molecule has 0 aromatic heterocycles. The normalized spacial score (nSPS) is 10.7. The van der Waals surface area contributed by atoms with Gasteiger partial charge in [-0.25, -0.2) is 0 Å². The SMILES string of the molecule is CC(C)N(CCO)C(=O)c1cccc(Cl)c1Cl.